The van der Waals surface area contributed by atoms with E-state index in [2.05, 4.69) is 10.5 Å². The lowest BCUT2D eigenvalue weighted by atomic mass is 10.2. The zero-order chi connectivity index (χ0) is 17.4. The molecule has 24 heavy (non-hydrogen) atoms. The number of nitrogens with zero attached hydrogens (tertiary/aromatic N) is 2. The second kappa shape index (κ2) is 8.52. The lowest BCUT2D eigenvalue weighted by molar-refractivity contribution is -0.384. The molecular weight excluding hydrogens is 310 g/mol. The lowest BCUT2D eigenvalue weighted by Gasteiger charge is -2.10. The molecule has 0 heterocycles. The molecule has 0 aliphatic carbocycles. The van der Waals surface area contributed by atoms with Gasteiger partial charge >= 0.3 is 0 Å². The van der Waals surface area contributed by atoms with E-state index < -0.39 is 4.92 Å². The van der Waals surface area contributed by atoms with Gasteiger partial charge in [-0.15, -0.1) is 0 Å². The Morgan fingerprint density at radius 1 is 1.25 bits per heavy atom. The first-order chi connectivity index (χ1) is 11.6. The SMILES string of the molecule is CCCOc1ccc(/C=N\Nc2cccc([N+](=O)[O-])c2)cc1OC. The van der Waals surface area contributed by atoms with Crippen LogP contribution in [0.25, 0.3) is 0 Å². The van der Waals surface area contributed by atoms with Crippen molar-refractivity contribution in [3.8, 4) is 11.5 Å². The van der Waals surface area contributed by atoms with Crippen molar-refractivity contribution >= 4 is 17.6 Å². The Morgan fingerprint density at radius 3 is 2.79 bits per heavy atom. The summed E-state index contributed by atoms with van der Waals surface area (Å²) in [5.41, 5.74) is 4.13. The van der Waals surface area contributed by atoms with E-state index in [1.807, 2.05) is 25.1 Å². The number of benzene rings is 2. The first-order valence-electron chi connectivity index (χ1n) is 7.48. The van der Waals surface area contributed by atoms with Gasteiger partial charge in [0.1, 0.15) is 0 Å². The van der Waals surface area contributed by atoms with Gasteiger partial charge in [-0.25, -0.2) is 0 Å². The van der Waals surface area contributed by atoms with Crippen LogP contribution in [0.3, 0.4) is 0 Å². The average Bonchev–Trinajstić information content (AvgIpc) is 2.60. The van der Waals surface area contributed by atoms with Crippen LogP contribution in [0.1, 0.15) is 18.9 Å². The highest BCUT2D eigenvalue weighted by Gasteiger charge is 2.06. The molecule has 7 heteroatoms. The third kappa shape index (κ3) is 4.70. The minimum atomic E-state index is -0.450. The first kappa shape index (κ1) is 17.3. The van der Waals surface area contributed by atoms with Crippen LogP contribution < -0.4 is 14.9 Å². The number of anilines is 1. The highest BCUT2D eigenvalue weighted by molar-refractivity contribution is 5.81. The molecule has 0 bridgehead atoms. The van der Waals surface area contributed by atoms with Gasteiger partial charge in [-0.2, -0.15) is 5.10 Å². The number of ether oxygens (including phenoxy) is 2. The zero-order valence-corrected chi connectivity index (χ0v) is 13.6. The molecule has 0 saturated carbocycles. The standard InChI is InChI=1S/C17H19N3O4/c1-3-9-24-16-8-7-13(10-17(16)23-2)12-18-19-14-5-4-6-15(11-14)20(21)22/h4-8,10-12,19H,3,9H2,1-2H3/b18-12-. The van der Waals surface area contributed by atoms with E-state index in [1.165, 1.54) is 12.1 Å². The van der Waals surface area contributed by atoms with Crippen molar-refractivity contribution in [3.05, 3.63) is 58.1 Å². The topological polar surface area (TPSA) is 86.0 Å². The number of rotatable bonds is 8. The maximum atomic E-state index is 10.7. The summed E-state index contributed by atoms with van der Waals surface area (Å²) < 4.78 is 10.9. The van der Waals surface area contributed by atoms with Crippen molar-refractivity contribution in [3.63, 3.8) is 0 Å². The van der Waals surface area contributed by atoms with Crippen LogP contribution in [0.5, 0.6) is 11.5 Å². The molecule has 0 spiro atoms. The zero-order valence-electron chi connectivity index (χ0n) is 13.6. The molecular formula is C17H19N3O4. The van der Waals surface area contributed by atoms with Gasteiger partial charge in [0.2, 0.25) is 0 Å². The van der Waals surface area contributed by atoms with Crippen molar-refractivity contribution in [2.45, 2.75) is 13.3 Å². The summed E-state index contributed by atoms with van der Waals surface area (Å²) in [6.07, 6.45) is 2.52. The number of nitrogens with one attached hydrogen (secondary N) is 1. The molecule has 126 valence electrons. The van der Waals surface area contributed by atoms with Gasteiger partial charge in [0.25, 0.3) is 5.69 Å². The molecule has 2 aromatic rings. The number of nitro benzene ring substituents is 1. The Hall–Kier alpha value is -3.09. The van der Waals surface area contributed by atoms with E-state index in [-0.39, 0.29) is 5.69 Å². The lowest BCUT2D eigenvalue weighted by Crippen LogP contribution is -1.98. The van der Waals surface area contributed by atoms with E-state index >= 15 is 0 Å². The highest BCUT2D eigenvalue weighted by atomic mass is 16.6. The molecule has 0 atom stereocenters. The molecule has 0 fully saturated rings. The van der Waals surface area contributed by atoms with E-state index in [0.717, 1.165) is 12.0 Å². The van der Waals surface area contributed by atoms with Gasteiger partial charge in [0, 0.05) is 12.1 Å². The van der Waals surface area contributed by atoms with Crippen molar-refractivity contribution in [1.82, 2.24) is 0 Å². The maximum Gasteiger partial charge on any atom is 0.271 e. The van der Waals surface area contributed by atoms with E-state index in [0.29, 0.717) is 23.8 Å². The van der Waals surface area contributed by atoms with Crippen LogP contribution in [0.15, 0.2) is 47.6 Å². The summed E-state index contributed by atoms with van der Waals surface area (Å²) in [4.78, 5) is 10.3. The third-order valence-electron chi connectivity index (χ3n) is 3.11. The van der Waals surface area contributed by atoms with Crippen LogP contribution in [-0.4, -0.2) is 24.9 Å². The Kier molecular flexibility index (Phi) is 6.13. The van der Waals surface area contributed by atoms with Gasteiger partial charge in [-0.3, -0.25) is 15.5 Å². The molecule has 0 radical (unpaired) electrons. The summed E-state index contributed by atoms with van der Waals surface area (Å²) in [5.74, 6) is 1.31. The fraction of sp³-hybridized carbons (Fsp3) is 0.235. The molecule has 0 unspecified atom stereocenters. The summed E-state index contributed by atoms with van der Waals surface area (Å²) in [5, 5.41) is 14.8. The summed E-state index contributed by atoms with van der Waals surface area (Å²) >= 11 is 0. The molecule has 2 aromatic carbocycles. The number of hydrogen-bond donors (Lipinski definition) is 1. The summed E-state index contributed by atoms with van der Waals surface area (Å²) in [7, 11) is 1.58. The Balaban J connectivity index is 2.06. The molecule has 2 rings (SSSR count). The molecule has 0 aliphatic heterocycles. The molecule has 0 amide bonds. The van der Waals surface area contributed by atoms with Gasteiger partial charge in [-0.1, -0.05) is 13.0 Å². The number of non-ortho nitro benzene ring substituents is 1. The fourth-order valence-electron chi connectivity index (χ4n) is 1.97. The largest absolute Gasteiger partial charge is 0.493 e. The van der Waals surface area contributed by atoms with Crippen LogP contribution in [0.2, 0.25) is 0 Å². The Morgan fingerprint density at radius 2 is 2.08 bits per heavy atom. The van der Waals surface area contributed by atoms with Gasteiger partial charge in [0.15, 0.2) is 11.5 Å². The predicted octanol–water partition coefficient (Wildman–Crippen LogP) is 3.84. The number of methoxy groups -OCH3 is 1. The molecule has 1 N–H and O–H groups in total. The summed E-state index contributed by atoms with van der Waals surface area (Å²) in [6.45, 7) is 2.66. The van der Waals surface area contributed by atoms with Crippen molar-refractivity contribution < 1.29 is 14.4 Å². The predicted molar refractivity (Wildman–Crippen MR) is 93.1 cm³/mol. The van der Waals surface area contributed by atoms with E-state index in [1.54, 1.807) is 25.5 Å². The second-order valence-electron chi connectivity index (χ2n) is 4.94. The fourth-order valence-corrected chi connectivity index (χ4v) is 1.97. The van der Waals surface area contributed by atoms with Crippen molar-refractivity contribution in [1.29, 1.82) is 0 Å². The van der Waals surface area contributed by atoms with Crippen LogP contribution in [0, 0.1) is 10.1 Å². The smallest absolute Gasteiger partial charge is 0.271 e. The molecule has 0 aliphatic rings. The normalized spacial score (nSPS) is 10.6. The average molecular weight is 329 g/mol. The maximum absolute atomic E-state index is 10.7. The number of hydrazone groups is 1. The third-order valence-corrected chi connectivity index (χ3v) is 3.11. The van der Waals surface area contributed by atoms with E-state index in [9.17, 15) is 10.1 Å². The van der Waals surface area contributed by atoms with Crippen molar-refractivity contribution in [2.24, 2.45) is 5.10 Å². The Labute approximate surface area is 140 Å². The quantitative estimate of drug-likeness (QED) is 0.452. The number of nitro groups is 1. The van der Waals surface area contributed by atoms with Crippen LogP contribution in [0.4, 0.5) is 11.4 Å². The molecule has 7 nitrogen and oxygen atoms in total. The number of hydrogen-bond acceptors (Lipinski definition) is 6. The minimum Gasteiger partial charge on any atom is -0.493 e. The minimum absolute atomic E-state index is 0.00861. The van der Waals surface area contributed by atoms with E-state index in [4.69, 9.17) is 9.47 Å². The second-order valence-corrected chi connectivity index (χ2v) is 4.94. The summed E-state index contributed by atoms with van der Waals surface area (Å²) in [6, 6.07) is 11.6. The van der Waals surface area contributed by atoms with Gasteiger partial charge < -0.3 is 9.47 Å². The molecule has 0 saturated heterocycles. The van der Waals surface area contributed by atoms with Crippen LogP contribution >= 0.6 is 0 Å². The first-order valence-corrected chi connectivity index (χ1v) is 7.48. The highest BCUT2D eigenvalue weighted by Crippen LogP contribution is 2.27. The monoisotopic (exact) mass is 329 g/mol. The van der Waals surface area contributed by atoms with Gasteiger partial charge in [-0.05, 0) is 36.2 Å². The Bertz CT molecular complexity index is 732. The van der Waals surface area contributed by atoms with Gasteiger partial charge in [0.05, 0.1) is 30.5 Å². The van der Waals surface area contributed by atoms with Crippen molar-refractivity contribution in [2.75, 3.05) is 19.1 Å². The van der Waals surface area contributed by atoms with Crippen LogP contribution in [-0.2, 0) is 0 Å². The molecule has 0 aromatic heterocycles.